The number of nitrogens with zero attached hydrogens (tertiary/aromatic N) is 6. The zero-order valence-corrected chi connectivity index (χ0v) is 28.8. The van der Waals surface area contributed by atoms with Crippen LogP contribution >= 0.6 is 0 Å². The van der Waals surface area contributed by atoms with Crippen molar-refractivity contribution in [3.8, 4) is 0 Å². The van der Waals surface area contributed by atoms with Gasteiger partial charge in [-0.3, -0.25) is 29.2 Å². The molecule has 0 spiro atoms. The van der Waals surface area contributed by atoms with Crippen molar-refractivity contribution in [1.82, 2.24) is 35.0 Å². The Balaban J connectivity index is 0.918. The number of unbranched alkanes of at least 4 members (excludes halogenated alkanes) is 1. The fraction of sp³-hybridized carbons (Fsp3) is 0.378. The molecule has 2 aliphatic heterocycles. The van der Waals surface area contributed by atoms with Crippen molar-refractivity contribution in [1.29, 1.82) is 0 Å². The lowest BCUT2D eigenvalue weighted by molar-refractivity contribution is -0.134. The van der Waals surface area contributed by atoms with E-state index in [1.165, 1.54) is 5.56 Å². The number of pyridine rings is 1. The minimum Gasteiger partial charge on any atom is -0.369 e. The highest BCUT2D eigenvalue weighted by molar-refractivity contribution is 6.03. The summed E-state index contributed by atoms with van der Waals surface area (Å²) in [5.74, 6) is -1.66. The number of rotatable bonds is 11. The van der Waals surface area contributed by atoms with Gasteiger partial charge >= 0.3 is 0 Å². The van der Waals surface area contributed by atoms with Crippen LogP contribution in [0.3, 0.4) is 0 Å². The molecule has 7 rings (SSSR count). The maximum atomic E-state index is 13.0. The molecule has 51 heavy (non-hydrogen) atoms. The summed E-state index contributed by atoms with van der Waals surface area (Å²) in [7, 11) is 1.80. The molecule has 5 heterocycles. The van der Waals surface area contributed by atoms with Crippen molar-refractivity contribution < 1.29 is 19.2 Å². The first kappa shape index (κ1) is 33.8. The number of imide groups is 1. The third-order valence-electron chi connectivity index (χ3n) is 10.1. The van der Waals surface area contributed by atoms with Crippen molar-refractivity contribution in [2.24, 2.45) is 12.8 Å². The molecule has 2 aromatic carbocycles. The molecule has 5 N–H and O–H groups in total. The van der Waals surface area contributed by atoms with Crippen LogP contribution in [0, 0.1) is 0 Å². The highest BCUT2D eigenvalue weighted by Gasteiger charge is 2.36. The third-order valence-corrected chi connectivity index (χ3v) is 10.1. The van der Waals surface area contributed by atoms with Crippen LogP contribution in [0.15, 0.2) is 60.8 Å². The third kappa shape index (κ3) is 6.91. The van der Waals surface area contributed by atoms with Crippen LogP contribution < -0.4 is 26.6 Å². The maximum Gasteiger partial charge on any atom is 0.290 e. The Kier molecular flexibility index (Phi) is 9.25. The van der Waals surface area contributed by atoms with Crippen LogP contribution in [0.25, 0.3) is 16.6 Å². The number of piperidine rings is 1. The molecule has 2 atom stereocenters. The minimum atomic E-state index is -0.532. The predicted molar refractivity (Wildman–Crippen MR) is 192 cm³/mol. The zero-order chi connectivity index (χ0) is 35.7. The second kappa shape index (κ2) is 13.9. The normalized spacial score (nSPS) is 19.1. The second-order valence-corrected chi connectivity index (χ2v) is 13.7. The Morgan fingerprint density at radius 1 is 1.08 bits per heavy atom. The number of amides is 4. The van der Waals surface area contributed by atoms with Crippen LogP contribution in [-0.4, -0.2) is 67.6 Å². The number of fused-ring (bicyclic) bond motifs is 2. The van der Waals surface area contributed by atoms with E-state index in [0.717, 1.165) is 41.7 Å². The van der Waals surface area contributed by atoms with Gasteiger partial charge in [0, 0.05) is 68.1 Å². The number of nitrogens with two attached hydrogens (primary N) is 1. The number of aryl methyl sites for hydroxylation is 1. The Bertz CT molecular complexity index is 2140. The van der Waals surface area contributed by atoms with E-state index in [4.69, 9.17) is 5.73 Å². The lowest BCUT2D eigenvalue weighted by Crippen LogP contribution is -2.39. The topological polar surface area (TPSA) is 182 Å². The summed E-state index contributed by atoms with van der Waals surface area (Å²) in [6.45, 7) is 4.67. The Hall–Kier alpha value is -5.63. The summed E-state index contributed by atoms with van der Waals surface area (Å²) < 4.78 is 3.34. The average molecular weight is 691 g/mol. The van der Waals surface area contributed by atoms with Crippen molar-refractivity contribution in [2.75, 3.05) is 29.9 Å². The van der Waals surface area contributed by atoms with Gasteiger partial charge in [-0.05, 0) is 55.5 Å². The van der Waals surface area contributed by atoms with Crippen molar-refractivity contribution in [3.05, 3.63) is 83.4 Å². The van der Waals surface area contributed by atoms with Crippen LogP contribution in [0.5, 0.6) is 0 Å². The summed E-state index contributed by atoms with van der Waals surface area (Å²) in [5, 5.41) is 18.0. The zero-order valence-electron chi connectivity index (χ0n) is 28.8. The number of carbonyl (C=O) groups is 4. The Morgan fingerprint density at radius 2 is 1.90 bits per heavy atom. The molecule has 2 saturated heterocycles. The van der Waals surface area contributed by atoms with E-state index in [2.05, 4.69) is 67.2 Å². The molecule has 1 unspecified atom stereocenters. The van der Waals surface area contributed by atoms with Gasteiger partial charge in [0.2, 0.25) is 23.5 Å². The summed E-state index contributed by atoms with van der Waals surface area (Å²) in [4.78, 5) is 56.8. The Morgan fingerprint density at radius 3 is 2.69 bits per heavy atom. The van der Waals surface area contributed by atoms with E-state index in [0.29, 0.717) is 42.8 Å². The summed E-state index contributed by atoms with van der Waals surface area (Å²) in [6, 6.07) is 18.1. The molecule has 2 fully saturated rings. The van der Waals surface area contributed by atoms with Crippen molar-refractivity contribution in [3.63, 3.8) is 0 Å². The van der Waals surface area contributed by atoms with Gasteiger partial charge in [0.25, 0.3) is 5.91 Å². The molecule has 14 heteroatoms. The molecular formula is C37H42N10O4. The fourth-order valence-electron chi connectivity index (χ4n) is 7.21. The SMILES string of the molecule is Cn1nc(C2CCC(=O)NC2=O)c2cc(NC(=O)CCCCNC(=O)c3nc4c(CN)cc(N5CC[C@](C)(c6ccccc6)C5)cn4n3)ccc21. The molecule has 4 amide bonds. The molecule has 2 aliphatic rings. The molecule has 264 valence electrons. The number of hydrogen-bond acceptors (Lipinski definition) is 9. The van der Waals surface area contributed by atoms with Crippen LogP contribution in [-0.2, 0) is 33.4 Å². The number of hydrogen-bond donors (Lipinski definition) is 4. The number of aromatic nitrogens is 5. The molecule has 5 aromatic rings. The highest BCUT2D eigenvalue weighted by atomic mass is 16.2. The quantitative estimate of drug-likeness (QED) is 0.119. The smallest absolute Gasteiger partial charge is 0.290 e. The van der Waals surface area contributed by atoms with Gasteiger partial charge in [-0.25, -0.2) is 9.50 Å². The lowest BCUT2D eigenvalue weighted by Gasteiger charge is -2.26. The van der Waals surface area contributed by atoms with Gasteiger partial charge in [0.15, 0.2) is 5.65 Å². The van der Waals surface area contributed by atoms with Crippen LogP contribution in [0.1, 0.15) is 78.8 Å². The summed E-state index contributed by atoms with van der Waals surface area (Å²) in [5.41, 5.74) is 11.8. The van der Waals surface area contributed by atoms with Gasteiger partial charge < -0.3 is 21.3 Å². The first-order valence-electron chi connectivity index (χ1n) is 17.4. The molecule has 0 radical (unpaired) electrons. The molecule has 3 aromatic heterocycles. The Labute approximate surface area is 294 Å². The van der Waals surface area contributed by atoms with E-state index in [1.54, 1.807) is 22.3 Å². The van der Waals surface area contributed by atoms with Crippen LogP contribution in [0.2, 0.25) is 0 Å². The summed E-state index contributed by atoms with van der Waals surface area (Å²) in [6.07, 6.45) is 4.98. The maximum absolute atomic E-state index is 13.0. The van der Waals surface area contributed by atoms with Gasteiger partial charge in [-0.2, -0.15) is 5.10 Å². The fourth-order valence-corrected chi connectivity index (χ4v) is 7.21. The van der Waals surface area contributed by atoms with E-state index in [1.807, 2.05) is 30.5 Å². The molecule has 0 aliphatic carbocycles. The predicted octanol–water partition coefficient (Wildman–Crippen LogP) is 3.30. The van der Waals surface area contributed by atoms with Crippen molar-refractivity contribution >= 4 is 51.6 Å². The first-order valence-corrected chi connectivity index (χ1v) is 17.4. The van der Waals surface area contributed by atoms with Crippen LogP contribution in [0.4, 0.5) is 11.4 Å². The van der Waals surface area contributed by atoms with E-state index in [-0.39, 0.29) is 54.3 Å². The van der Waals surface area contributed by atoms with Gasteiger partial charge in [0.05, 0.1) is 29.0 Å². The van der Waals surface area contributed by atoms with Gasteiger partial charge in [-0.1, -0.05) is 37.3 Å². The van der Waals surface area contributed by atoms with Gasteiger partial charge in [-0.15, -0.1) is 5.10 Å². The number of benzene rings is 2. The average Bonchev–Trinajstić information content (AvgIpc) is 3.83. The van der Waals surface area contributed by atoms with E-state index >= 15 is 0 Å². The lowest BCUT2D eigenvalue weighted by atomic mass is 9.82. The number of nitrogens with one attached hydrogen (secondary N) is 3. The standard InChI is InChI=1S/C37H42N10O4/c1-37(24-8-4-3-5-9-24)15-17-46(22-37)26-18-23(20-38)34-42-33(44-47(34)21-26)36(51)39-16-7-6-10-30(48)40-25-11-13-29-28(19-25)32(43-45(29)2)27-12-14-31(49)41-35(27)50/h3-5,8-9,11,13,18-19,21,27H,6-7,10,12,14-17,20,22,38H2,1-2H3,(H,39,51)(H,40,48)(H,41,49,50)/t27?,37-/m0/s1. The second-order valence-electron chi connectivity index (χ2n) is 13.7. The molecular weight excluding hydrogens is 648 g/mol. The number of carbonyl (C=O) groups excluding carboxylic acids is 4. The largest absolute Gasteiger partial charge is 0.369 e. The van der Waals surface area contributed by atoms with E-state index in [9.17, 15) is 19.2 Å². The highest BCUT2D eigenvalue weighted by Crippen LogP contribution is 2.37. The van der Waals surface area contributed by atoms with Crippen molar-refractivity contribution in [2.45, 2.75) is 63.3 Å². The molecule has 0 bridgehead atoms. The van der Waals surface area contributed by atoms with Gasteiger partial charge in [0.1, 0.15) is 0 Å². The summed E-state index contributed by atoms with van der Waals surface area (Å²) >= 11 is 0. The molecule has 0 saturated carbocycles. The molecule has 14 nitrogen and oxygen atoms in total. The monoisotopic (exact) mass is 690 g/mol. The number of anilines is 2. The minimum absolute atomic E-state index is 0.0325. The first-order chi connectivity index (χ1) is 24.6. The van der Waals surface area contributed by atoms with E-state index < -0.39 is 5.92 Å².